The number of imidazole rings is 1. The van der Waals surface area contributed by atoms with E-state index in [-0.39, 0.29) is 29.9 Å². The molecule has 0 unspecified atom stereocenters. The highest BCUT2D eigenvalue weighted by Crippen LogP contribution is 2.31. The molecule has 2 aliphatic carbocycles. The molecule has 3 aromatic heterocycles. The summed E-state index contributed by atoms with van der Waals surface area (Å²) in [6.45, 7) is 0.128. The molecule has 0 bridgehead atoms. The first-order valence-corrected chi connectivity index (χ1v) is 11.1. The molecule has 2 aliphatic rings. The molecule has 0 radical (unpaired) electrons. The highest BCUT2D eigenvalue weighted by Gasteiger charge is 2.27. The van der Waals surface area contributed by atoms with E-state index in [9.17, 15) is 14.3 Å². The van der Waals surface area contributed by atoms with E-state index in [1.54, 1.807) is 0 Å². The predicted octanol–water partition coefficient (Wildman–Crippen LogP) is 3.05. The number of nitrogens with one attached hydrogen (secondary N) is 3. The van der Waals surface area contributed by atoms with E-state index in [1.807, 2.05) is 6.07 Å². The summed E-state index contributed by atoms with van der Waals surface area (Å²) in [6.07, 6.45) is 10.2. The fraction of sp³-hybridized carbons (Fsp3) is 0.455. The Kier molecular flexibility index (Phi) is 5.60. The van der Waals surface area contributed by atoms with Gasteiger partial charge in [-0.15, -0.1) is 5.10 Å². The molecular formula is C22H26FN7O2. The first-order chi connectivity index (χ1) is 15.6. The molecular weight excluding hydrogens is 413 g/mol. The van der Waals surface area contributed by atoms with E-state index >= 15 is 0 Å². The number of halogens is 1. The van der Waals surface area contributed by atoms with Crippen LogP contribution >= 0.6 is 0 Å². The molecule has 0 saturated heterocycles. The zero-order valence-electron chi connectivity index (χ0n) is 17.6. The molecule has 0 aromatic carbocycles. The number of amides is 1. The number of rotatable bonds is 7. The number of carbonyl (C=O) groups excluding carboxylic acids is 1. The van der Waals surface area contributed by atoms with E-state index in [0.717, 1.165) is 50.4 Å². The summed E-state index contributed by atoms with van der Waals surface area (Å²) in [5, 5.41) is 23.9. The molecule has 2 fully saturated rings. The fourth-order valence-corrected chi connectivity index (χ4v) is 4.22. The molecule has 0 spiro atoms. The number of pyridine rings is 1. The van der Waals surface area contributed by atoms with E-state index in [1.165, 1.54) is 23.0 Å². The Hall–Kier alpha value is -3.27. The molecule has 3 heterocycles. The Bertz CT molecular complexity index is 1130. The van der Waals surface area contributed by atoms with Gasteiger partial charge in [0, 0.05) is 36.9 Å². The Balaban J connectivity index is 1.48. The van der Waals surface area contributed by atoms with E-state index in [4.69, 9.17) is 0 Å². The lowest BCUT2D eigenvalue weighted by atomic mass is 9.85. The zero-order valence-corrected chi connectivity index (χ0v) is 17.6. The SMILES string of the molecule is O=C(Nc1ccncc1F)c1cnc2c(NC3CC3)cc(N[C@@H]3CCCC[C@H]3CO)nn12. The number of aliphatic hydroxyl groups is 1. The maximum atomic E-state index is 14.0. The molecule has 3 aromatic rings. The predicted molar refractivity (Wildman–Crippen MR) is 118 cm³/mol. The van der Waals surface area contributed by atoms with Crippen LogP contribution in [0.2, 0.25) is 0 Å². The van der Waals surface area contributed by atoms with Crippen molar-refractivity contribution in [3.8, 4) is 0 Å². The van der Waals surface area contributed by atoms with Crippen LogP contribution in [0, 0.1) is 11.7 Å². The van der Waals surface area contributed by atoms with Gasteiger partial charge in [0.15, 0.2) is 17.2 Å². The van der Waals surface area contributed by atoms with Gasteiger partial charge in [-0.25, -0.2) is 13.9 Å². The lowest BCUT2D eigenvalue weighted by Gasteiger charge is -2.31. The summed E-state index contributed by atoms with van der Waals surface area (Å²) in [4.78, 5) is 21.0. The Morgan fingerprint density at radius 2 is 2.00 bits per heavy atom. The molecule has 4 N–H and O–H groups in total. The van der Waals surface area contributed by atoms with Crippen LogP contribution in [0.15, 0.2) is 30.7 Å². The smallest absolute Gasteiger partial charge is 0.276 e. The minimum Gasteiger partial charge on any atom is -0.396 e. The molecule has 168 valence electrons. The monoisotopic (exact) mass is 439 g/mol. The van der Waals surface area contributed by atoms with Crippen LogP contribution in [-0.2, 0) is 0 Å². The maximum Gasteiger partial charge on any atom is 0.276 e. The molecule has 2 atom stereocenters. The van der Waals surface area contributed by atoms with E-state index in [0.29, 0.717) is 17.5 Å². The maximum absolute atomic E-state index is 14.0. The van der Waals surface area contributed by atoms with Crippen molar-refractivity contribution in [3.05, 3.63) is 42.2 Å². The second kappa shape index (κ2) is 8.70. The van der Waals surface area contributed by atoms with Crippen molar-refractivity contribution in [2.45, 2.75) is 50.6 Å². The topological polar surface area (TPSA) is 116 Å². The van der Waals surface area contributed by atoms with Crippen molar-refractivity contribution in [2.24, 2.45) is 5.92 Å². The first kappa shape index (κ1) is 20.6. The van der Waals surface area contributed by atoms with Crippen molar-refractivity contribution in [3.63, 3.8) is 0 Å². The second-order valence-electron chi connectivity index (χ2n) is 8.53. The van der Waals surface area contributed by atoms with Crippen molar-refractivity contribution >= 4 is 28.7 Å². The summed E-state index contributed by atoms with van der Waals surface area (Å²) in [6, 6.07) is 3.80. The van der Waals surface area contributed by atoms with Crippen LogP contribution in [0.1, 0.15) is 49.0 Å². The summed E-state index contributed by atoms with van der Waals surface area (Å²) >= 11 is 0. The van der Waals surface area contributed by atoms with Gasteiger partial charge < -0.3 is 21.1 Å². The number of hydrogen-bond acceptors (Lipinski definition) is 7. The number of fused-ring (bicyclic) bond motifs is 1. The number of carbonyl (C=O) groups is 1. The lowest BCUT2D eigenvalue weighted by Crippen LogP contribution is -2.34. The third-order valence-electron chi connectivity index (χ3n) is 6.13. The van der Waals surface area contributed by atoms with Gasteiger partial charge in [0.25, 0.3) is 5.91 Å². The van der Waals surface area contributed by atoms with Crippen molar-refractivity contribution in [2.75, 3.05) is 22.6 Å². The van der Waals surface area contributed by atoms with Gasteiger partial charge >= 0.3 is 0 Å². The van der Waals surface area contributed by atoms with E-state index < -0.39 is 11.7 Å². The zero-order chi connectivity index (χ0) is 22.1. The average molecular weight is 439 g/mol. The van der Waals surface area contributed by atoms with Gasteiger partial charge in [0.2, 0.25) is 0 Å². The highest BCUT2D eigenvalue weighted by molar-refractivity contribution is 6.03. The van der Waals surface area contributed by atoms with Gasteiger partial charge in [-0.2, -0.15) is 0 Å². The normalized spacial score (nSPS) is 20.8. The quantitative estimate of drug-likeness (QED) is 0.447. The minimum absolute atomic E-state index is 0.0403. The summed E-state index contributed by atoms with van der Waals surface area (Å²) in [7, 11) is 0. The lowest BCUT2D eigenvalue weighted by molar-refractivity contribution is 0.102. The first-order valence-electron chi connectivity index (χ1n) is 11.1. The molecule has 32 heavy (non-hydrogen) atoms. The molecule has 5 rings (SSSR count). The minimum atomic E-state index is -0.617. The largest absolute Gasteiger partial charge is 0.396 e. The van der Waals surface area contributed by atoms with Crippen LogP contribution in [0.25, 0.3) is 5.65 Å². The van der Waals surface area contributed by atoms with Crippen molar-refractivity contribution < 1.29 is 14.3 Å². The van der Waals surface area contributed by atoms with Gasteiger partial charge in [-0.3, -0.25) is 9.78 Å². The van der Waals surface area contributed by atoms with Gasteiger partial charge in [0.05, 0.1) is 23.8 Å². The second-order valence-corrected chi connectivity index (χ2v) is 8.53. The van der Waals surface area contributed by atoms with E-state index in [2.05, 4.69) is 31.0 Å². The standard InChI is InChI=1S/C22H26FN7O2/c23-15-10-24-8-7-17(15)28-22(32)19-11-25-21-18(26-14-5-6-14)9-20(29-30(19)21)27-16-4-2-1-3-13(16)12-31/h7-11,13-14,16,26,31H,1-6,12H2,(H,27,29)(H,24,28,32)/t13-,16+/m0/s1. The number of hydrogen-bond donors (Lipinski definition) is 4. The number of nitrogens with zero attached hydrogens (tertiary/aromatic N) is 4. The van der Waals surface area contributed by atoms with Crippen LogP contribution < -0.4 is 16.0 Å². The third kappa shape index (κ3) is 4.22. The summed E-state index contributed by atoms with van der Waals surface area (Å²) in [5.41, 5.74) is 1.56. The van der Waals surface area contributed by atoms with Crippen LogP contribution in [-0.4, -0.2) is 49.3 Å². The van der Waals surface area contributed by atoms with Gasteiger partial charge in [0.1, 0.15) is 5.82 Å². The van der Waals surface area contributed by atoms with Gasteiger partial charge in [-0.1, -0.05) is 12.8 Å². The van der Waals surface area contributed by atoms with Gasteiger partial charge in [-0.05, 0) is 31.7 Å². The molecule has 0 aliphatic heterocycles. The Labute approximate surface area is 184 Å². The molecule has 2 saturated carbocycles. The molecule has 9 nitrogen and oxygen atoms in total. The number of aliphatic hydroxyl groups excluding tert-OH is 1. The highest BCUT2D eigenvalue weighted by atomic mass is 19.1. The van der Waals surface area contributed by atoms with Crippen LogP contribution in [0.3, 0.4) is 0 Å². The third-order valence-corrected chi connectivity index (χ3v) is 6.13. The van der Waals surface area contributed by atoms with Crippen LogP contribution in [0.4, 0.5) is 21.6 Å². The summed E-state index contributed by atoms with van der Waals surface area (Å²) in [5.74, 6) is -0.363. The average Bonchev–Trinajstić information content (AvgIpc) is 3.51. The van der Waals surface area contributed by atoms with Crippen LogP contribution in [0.5, 0.6) is 0 Å². The fourth-order valence-electron chi connectivity index (χ4n) is 4.22. The number of aromatic nitrogens is 4. The molecule has 1 amide bonds. The van der Waals surface area contributed by atoms with Crippen molar-refractivity contribution in [1.29, 1.82) is 0 Å². The Morgan fingerprint density at radius 1 is 1.16 bits per heavy atom. The number of anilines is 3. The van der Waals surface area contributed by atoms with Crippen molar-refractivity contribution in [1.82, 2.24) is 19.6 Å². The summed E-state index contributed by atoms with van der Waals surface area (Å²) < 4.78 is 15.4. The molecule has 10 heteroatoms. The Morgan fingerprint density at radius 3 is 2.78 bits per heavy atom.